The summed E-state index contributed by atoms with van der Waals surface area (Å²) in [5.74, 6) is 0.550. The zero-order valence-corrected chi connectivity index (χ0v) is 13.9. The number of hydrogen-bond donors (Lipinski definition) is 2. The van der Waals surface area contributed by atoms with Crippen molar-refractivity contribution in [2.75, 3.05) is 5.32 Å². The van der Waals surface area contributed by atoms with Gasteiger partial charge in [0.2, 0.25) is 0 Å². The Hall–Kier alpha value is -3.41. The maximum atomic E-state index is 12.4. The van der Waals surface area contributed by atoms with Crippen LogP contribution in [-0.4, -0.2) is 25.7 Å². The lowest BCUT2D eigenvalue weighted by Crippen LogP contribution is -2.12. The zero-order valence-electron chi connectivity index (χ0n) is 13.9. The Kier molecular flexibility index (Phi) is 3.57. The van der Waals surface area contributed by atoms with Crippen LogP contribution in [0.2, 0.25) is 0 Å². The first-order valence-electron chi connectivity index (χ1n) is 7.98. The number of rotatable bonds is 3. The molecule has 25 heavy (non-hydrogen) atoms. The average Bonchev–Trinajstić information content (AvgIpc) is 3.20. The molecule has 3 aromatic heterocycles. The van der Waals surface area contributed by atoms with Crippen LogP contribution in [0.25, 0.3) is 16.7 Å². The molecule has 0 atom stereocenters. The van der Waals surface area contributed by atoms with E-state index in [9.17, 15) is 4.79 Å². The van der Waals surface area contributed by atoms with Crippen LogP contribution in [0.5, 0.6) is 0 Å². The SMILES string of the molecule is Cc1cc(C)n(-c2ccc(NC(=O)c3ccc4cc[nH]c4c3)cn2)n1. The summed E-state index contributed by atoms with van der Waals surface area (Å²) in [6, 6.07) is 13.2. The molecule has 0 fully saturated rings. The summed E-state index contributed by atoms with van der Waals surface area (Å²) in [6.45, 7) is 3.92. The van der Waals surface area contributed by atoms with E-state index in [1.165, 1.54) is 0 Å². The number of fused-ring (bicyclic) bond motifs is 1. The van der Waals surface area contributed by atoms with Gasteiger partial charge in [0.25, 0.3) is 5.91 Å². The van der Waals surface area contributed by atoms with Gasteiger partial charge in [-0.1, -0.05) is 6.07 Å². The summed E-state index contributed by atoms with van der Waals surface area (Å²) < 4.78 is 1.78. The first-order chi connectivity index (χ1) is 12.1. The molecule has 6 heteroatoms. The second-order valence-electron chi connectivity index (χ2n) is 5.98. The Bertz CT molecular complexity index is 1060. The fraction of sp³-hybridized carbons (Fsp3) is 0.105. The van der Waals surface area contributed by atoms with Crippen LogP contribution in [0.15, 0.2) is 54.9 Å². The molecule has 0 unspecified atom stereocenters. The van der Waals surface area contributed by atoms with E-state index in [2.05, 4.69) is 20.4 Å². The fourth-order valence-electron chi connectivity index (χ4n) is 2.84. The molecule has 4 aromatic rings. The summed E-state index contributed by atoms with van der Waals surface area (Å²) in [5.41, 5.74) is 4.13. The first kappa shape index (κ1) is 15.1. The van der Waals surface area contributed by atoms with Crippen LogP contribution in [0.3, 0.4) is 0 Å². The number of aromatic nitrogens is 4. The van der Waals surface area contributed by atoms with E-state index in [0.717, 1.165) is 28.1 Å². The van der Waals surface area contributed by atoms with Crippen LogP contribution in [0, 0.1) is 13.8 Å². The van der Waals surface area contributed by atoms with Crippen molar-refractivity contribution in [2.24, 2.45) is 0 Å². The Balaban J connectivity index is 1.54. The van der Waals surface area contributed by atoms with Gasteiger partial charge in [-0.25, -0.2) is 9.67 Å². The molecule has 0 aliphatic carbocycles. The lowest BCUT2D eigenvalue weighted by molar-refractivity contribution is 0.102. The molecule has 0 aliphatic rings. The molecule has 124 valence electrons. The van der Waals surface area contributed by atoms with Gasteiger partial charge in [-0.15, -0.1) is 0 Å². The molecule has 6 nitrogen and oxygen atoms in total. The highest BCUT2D eigenvalue weighted by Crippen LogP contribution is 2.17. The van der Waals surface area contributed by atoms with Gasteiger partial charge in [-0.2, -0.15) is 5.10 Å². The van der Waals surface area contributed by atoms with Crippen LogP contribution in [0.1, 0.15) is 21.7 Å². The maximum Gasteiger partial charge on any atom is 0.255 e. The minimum Gasteiger partial charge on any atom is -0.361 e. The molecule has 0 aliphatic heterocycles. The van der Waals surface area contributed by atoms with Crippen molar-refractivity contribution < 1.29 is 4.79 Å². The van der Waals surface area contributed by atoms with Gasteiger partial charge in [-0.3, -0.25) is 4.79 Å². The van der Waals surface area contributed by atoms with E-state index in [4.69, 9.17) is 0 Å². The molecule has 0 saturated carbocycles. The summed E-state index contributed by atoms with van der Waals surface area (Å²) >= 11 is 0. The number of hydrogen-bond acceptors (Lipinski definition) is 3. The number of benzene rings is 1. The highest BCUT2D eigenvalue weighted by atomic mass is 16.1. The predicted molar refractivity (Wildman–Crippen MR) is 97.1 cm³/mol. The third-order valence-corrected chi connectivity index (χ3v) is 4.05. The minimum absolute atomic E-state index is 0.169. The Labute approximate surface area is 144 Å². The van der Waals surface area contributed by atoms with E-state index in [-0.39, 0.29) is 5.91 Å². The van der Waals surface area contributed by atoms with Crippen molar-refractivity contribution in [2.45, 2.75) is 13.8 Å². The molecule has 1 amide bonds. The molecule has 1 aromatic carbocycles. The summed E-state index contributed by atoms with van der Waals surface area (Å²) in [4.78, 5) is 19.9. The Morgan fingerprint density at radius 2 is 2.00 bits per heavy atom. The van der Waals surface area contributed by atoms with E-state index in [0.29, 0.717) is 11.3 Å². The summed E-state index contributed by atoms with van der Waals surface area (Å²) in [5, 5.41) is 8.35. The van der Waals surface area contributed by atoms with Gasteiger partial charge in [0.15, 0.2) is 5.82 Å². The molecule has 0 saturated heterocycles. The van der Waals surface area contributed by atoms with Crippen molar-refractivity contribution in [1.82, 2.24) is 19.7 Å². The number of nitrogens with one attached hydrogen (secondary N) is 2. The smallest absolute Gasteiger partial charge is 0.255 e. The van der Waals surface area contributed by atoms with E-state index in [1.54, 1.807) is 10.9 Å². The zero-order chi connectivity index (χ0) is 17.4. The van der Waals surface area contributed by atoms with Crippen molar-refractivity contribution in [3.8, 4) is 5.82 Å². The molecule has 4 rings (SSSR count). The van der Waals surface area contributed by atoms with E-state index < -0.39 is 0 Å². The van der Waals surface area contributed by atoms with Crippen LogP contribution < -0.4 is 5.32 Å². The first-order valence-corrected chi connectivity index (χ1v) is 7.98. The lowest BCUT2D eigenvalue weighted by atomic mass is 10.1. The molecule has 2 N–H and O–H groups in total. The van der Waals surface area contributed by atoms with E-state index in [1.807, 2.05) is 62.5 Å². The predicted octanol–water partition coefficient (Wildman–Crippen LogP) is 3.62. The van der Waals surface area contributed by atoms with Gasteiger partial charge in [-0.05, 0) is 55.6 Å². The van der Waals surface area contributed by atoms with Crippen LogP contribution in [0.4, 0.5) is 5.69 Å². The van der Waals surface area contributed by atoms with Crippen LogP contribution >= 0.6 is 0 Å². The van der Waals surface area contributed by atoms with Crippen molar-refractivity contribution in [3.63, 3.8) is 0 Å². The molecular weight excluding hydrogens is 314 g/mol. The van der Waals surface area contributed by atoms with Gasteiger partial charge < -0.3 is 10.3 Å². The van der Waals surface area contributed by atoms with Crippen molar-refractivity contribution in [1.29, 1.82) is 0 Å². The highest BCUT2D eigenvalue weighted by Gasteiger charge is 2.09. The number of pyridine rings is 1. The van der Waals surface area contributed by atoms with Crippen molar-refractivity contribution >= 4 is 22.5 Å². The second kappa shape index (κ2) is 5.90. The summed E-state index contributed by atoms with van der Waals surface area (Å²) in [7, 11) is 0. The molecular formula is C19H17N5O. The Morgan fingerprint density at radius 3 is 2.72 bits per heavy atom. The number of nitrogens with zero attached hydrogens (tertiary/aromatic N) is 3. The number of H-pyrrole nitrogens is 1. The third-order valence-electron chi connectivity index (χ3n) is 4.05. The number of carbonyl (C=O) groups excluding carboxylic acids is 1. The average molecular weight is 331 g/mol. The topological polar surface area (TPSA) is 75.6 Å². The number of aryl methyl sites for hydroxylation is 2. The number of carbonyl (C=O) groups is 1. The normalized spacial score (nSPS) is 11.0. The quantitative estimate of drug-likeness (QED) is 0.602. The van der Waals surface area contributed by atoms with Crippen molar-refractivity contribution in [3.05, 3.63) is 71.8 Å². The second-order valence-corrected chi connectivity index (χ2v) is 5.98. The molecule has 0 bridgehead atoms. The highest BCUT2D eigenvalue weighted by molar-refractivity contribution is 6.06. The van der Waals surface area contributed by atoms with Gasteiger partial charge in [0.05, 0.1) is 17.6 Å². The molecule has 3 heterocycles. The number of aromatic amines is 1. The standard InChI is InChI=1S/C19H17N5O/c1-12-9-13(2)24(23-12)18-6-5-16(11-21-18)22-19(25)15-4-3-14-7-8-20-17(14)10-15/h3-11,20H,1-2H3,(H,22,25). The Morgan fingerprint density at radius 1 is 1.12 bits per heavy atom. The summed E-state index contributed by atoms with van der Waals surface area (Å²) in [6.07, 6.45) is 3.49. The van der Waals surface area contributed by atoms with Gasteiger partial charge >= 0.3 is 0 Å². The van der Waals surface area contributed by atoms with Crippen LogP contribution in [-0.2, 0) is 0 Å². The van der Waals surface area contributed by atoms with Gasteiger partial charge in [0.1, 0.15) is 0 Å². The third kappa shape index (κ3) is 2.89. The minimum atomic E-state index is -0.169. The largest absolute Gasteiger partial charge is 0.361 e. The maximum absolute atomic E-state index is 12.4. The fourth-order valence-corrected chi connectivity index (χ4v) is 2.84. The van der Waals surface area contributed by atoms with E-state index >= 15 is 0 Å². The number of amides is 1. The molecule has 0 radical (unpaired) electrons. The number of anilines is 1. The van der Waals surface area contributed by atoms with Gasteiger partial charge in [0, 0.05) is 23.0 Å². The monoisotopic (exact) mass is 331 g/mol. The lowest BCUT2D eigenvalue weighted by Gasteiger charge is -2.07. The molecule has 0 spiro atoms.